The highest BCUT2D eigenvalue weighted by Gasteiger charge is 2.05. The highest BCUT2D eigenvalue weighted by molar-refractivity contribution is 6.03. The molecule has 0 heterocycles. The fourth-order valence-corrected chi connectivity index (χ4v) is 2.98. The Bertz CT molecular complexity index is 1050. The van der Waals surface area contributed by atoms with Gasteiger partial charge in [0, 0.05) is 11.8 Å². The van der Waals surface area contributed by atoms with Gasteiger partial charge in [0.15, 0.2) is 0 Å². The van der Waals surface area contributed by atoms with Gasteiger partial charge in [-0.1, -0.05) is 60.7 Å². The lowest BCUT2D eigenvalue weighted by atomic mass is 10.0. The van der Waals surface area contributed by atoms with Crippen LogP contribution in [0.3, 0.4) is 0 Å². The van der Waals surface area contributed by atoms with Crippen molar-refractivity contribution in [3.8, 4) is 5.75 Å². The first kappa shape index (κ1) is 14.5. The molecule has 0 aliphatic heterocycles. The molecule has 0 radical (unpaired) electrons. The molecule has 0 unspecified atom stereocenters. The number of benzene rings is 4. The molecular weight excluding hydrogens is 294 g/mol. The van der Waals surface area contributed by atoms with E-state index in [1.807, 2.05) is 42.6 Å². The summed E-state index contributed by atoms with van der Waals surface area (Å²) < 4.78 is 5.52. The quantitative estimate of drug-likeness (QED) is 0.441. The third-order valence-corrected chi connectivity index (χ3v) is 4.23. The van der Waals surface area contributed by atoms with E-state index in [0.29, 0.717) is 0 Å². The second-order valence-electron chi connectivity index (χ2n) is 5.69. The van der Waals surface area contributed by atoms with Crippen LogP contribution < -0.4 is 4.74 Å². The number of ether oxygens (including phenoxy) is 1. The van der Waals surface area contributed by atoms with Crippen LogP contribution in [0.25, 0.3) is 21.5 Å². The fourth-order valence-electron chi connectivity index (χ4n) is 2.98. The van der Waals surface area contributed by atoms with E-state index in [1.54, 1.807) is 7.11 Å². The van der Waals surface area contributed by atoms with Crippen molar-refractivity contribution in [2.75, 3.05) is 7.11 Å². The summed E-state index contributed by atoms with van der Waals surface area (Å²) in [5.41, 5.74) is 1.94. The highest BCUT2D eigenvalue weighted by Crippen LogP contribution is 2.27. The first-order valence-corrected chi connectivity index (χ1v) is 7.94. The van der Waals surface area contributed by atoms with E-state index in [1.165, 1.54) is 16.2 Å². The number of hydrogen-bond acceptors (Lipinski definition) is 2. The van der Waals surface area contributed by atoms with E-state index in [-0.39, 0.29) is 0 Å². The van der Waals surface area contributed by atoms with Crippen LogP contribution in [-0.4, -0.2) is 13.3 Å². The smallest absolute Gasteiger partial charge is 0.128 e. The number of aliphatic imine (C=N–C) groups is 1. The molecule has 0 saturated carbocycles. The van der Waals surface area contributed by atoms with Crippen LogP contribution in [-0.2, 0) is 0 Å². The Labute approximate surface area is 141 Å². The van der Waals surface area contributed by atoms with Crippen LogP contribution in [0.4, 0.5) is 5.69 Å². The van der Waals surface area contributed by atoms with E-state index in [4.69, 9.17) is 4.74 Å². The van der Waals surface area contributed by atoms with Crippen LogP contribution in [0.15, 0.2) is 83.9 Å². The summed E-state index contributed by atoms with van der Waals surface area (Å²) in [6.45, 7) is 0. The van der Waals surface area contributed by atoms with Crippen LogP contribution in [0.1, 0.15) is 5.56 Å². The minimum Gasteiger partial charge on any atom is -0.496 e. The van der Waals surface area contributed by atoms with E-state index < -0.39 is 0 Å². The maximum absolute atomic E-state index is 5.52. The molecule has 0 bridgehead atoms. The van der Waals surface area contributed by atoms with Crippen LogP contribution >= 0.6 is 0 Å². The van der Waals surface area contributed by atoms with Gasteiger partial charge in [-0.2, -0.15) is 0 Å². The van der Waals surface area contributed by atoms with Gasteiger partial charge in [-0.25, -0.2) is 0 Å². The fraction of sp³-hybridized carbons (Fsp3) is 0.0455. The SMILES string of the molecule is COc1ccc2ccccc2c1C=Nc1ccc2ccccc2c1. The van der Waals surface area contributed by atoms with Crippen LogP contribution in [0.2, 0.25) is 0 Å². The Morgan fingerprint density at radius 1 is 0.750 bits per heavy atom. The molecule has 0 fully saturated rings. The monoisotopic (exact) mass is 311 g/mol. The van der Waals surface area contributed by atoms with Crippen molar-refractivity contribution < 1.29 is 4.74 Å². The maximum atomic E-state index is 5.52. The molecule has 0 atom stereocenters. The molecule has 2 nitrogen and oxygen atoms in total. The van der Waals surface area contributed by atoms with Crippen LogP contribution in [0, 0.1) is 0 Å². The van der Waals surface area contributed by atoms with Crippen molar-refractivity contribution in [3.05, 3.63) is 84.4 Å². The summed E-state index contributed by atoms with van der Waals surface area (Å²) in [5.74, 6) is 0.832. The summed E-state index contributed by atoms with van der Waals surface area (Å²) >= 11 is 0. The average Bonchev–Trinajstić information content (AvgIpc) is 2.65. The number of rotatable bonds is 3. The summed E-state index contributed by atoms with van der Waals surface area (Å²) in [5, 5.41) is 4.73. The molecule has 0 aliphatic rings. The second kappa shape index (κ2) is 6.17. The molecule has 0 N–H and O–H groups in total. The minimum atomic E-state index is 0.832. The molecule has 4 rings (SSSR count). The van der Waals surface area contributed by atoms with Crippen molar-refractivity contribution in [1.82, 2.24) is 0 Å². The first-order chi connectivity index (χ1) is 11.8. The number of methoxy groups -OCH3 is 1. The van der Waals surface area contributed by atoms with Gasteiger partial charge in [0.05, 0.1) is 12.8 Å². The zero-order chi connectivity index (χ0) is 16.4. The molecule has 0 amide bonds. The molecule has 0 saturated heterocycles. The molecule has 0 aromatic heterocycles. The van der Waals surface area contributed by atoms with Crippen molar-refractivity contribution in [3.63, 3.8) is 0 Å². The van der Waals surface area contributed by atoms with E-state index in [9.17, 15) is 0 Å². The van der Waals surface area contributed by atoms with E-state index in [0.717, 1.165) is 22.4 Å². The summed E-state index contributed by atoms with van der Waals surface area (Å²) in [6.07, 6.45) is 1.89. The summed E-state index contributed by atoms with van der Waals surface area (Å²) in [6, 6.07) is 26.9. The first-order valence-electron chi connectivity index (χ1n) is 7.94. The highest BCUT2D eigenvalue weighted by atomic mass is 16.5. The van der Waals surface area contributed by atoms with Crippen molar-refractivity contribution in [2.24, 2.45) is 4.99 Å². The van der Waals surface area contributed by atoms with Gasteiger partial charge >= 0.3 is 0 Å². The van der Waals surface area contributed by atoms with Gasteiger partial charge in [-0.3, -0.25) is 4.99 Å². The largest absolute Gasteiger partial charge is 0.496 e. The number of hydrogen-bond donors (Lipinski definition) is 0. The molecule has 116 valence electrons. The predicted molar refractivity (Wildman–Crippen MR) is 102 cm³/mol. The Morgan fingerprint density at radius 2 is 1.46 bits per heavy atom. The third kappa shape index (κ3) is 2.63. The Balaban J connectivity index is 1.81. The molecular formula is C22H17NO. The van der Waals surface area contributed by atoms with Gasteiger partial charge in [0.25, 0.3) is 0 Å². The Morgan fingerprint density at radius 3 is 2.29 bits per heavy atom. The normalized spacial score (nSPS) is 11.4. The van der Waals surface area contributed by atoms with Crippen molar-refractivity contribution >= 4 is 33.4 Å². The predicted octanol–water partition coefficient (Wildman–Crippen LogP) is 5.75. The molecule has 4 aromatic rings. The Hall–Kier alpha value is -3.13. The lowest BCUT2D eigenvalue weighted by Crippen LogP contribution is -1.92. The van der Waals surface area contributed by atoms with E-state index in [2.05, 4.69) is 47.5 Å². The minimum absolute atomic E-state index is 0.832. The Kier molecular flexibility index (Phi) is 3.72. The zero-order valence-electron chi connectivity index (χ0n) is 13.4. The third-order valence-electron chi connectivity index (χ3n) is 4.23. The standard InChI is InChI=1S/C22H17NO/c1-24-22-13-11-17-7-4-5-9-20(17)21(22)15-23-19-12-10-16-6-2-3-8-18(16)14-19/h2-15H,1H3. The molecule has 24 heavy (non-hydrogen) atoms. The number of fused-ring (bicyclic) bond motifs is 2. The van der Waals surface area contributed by atoms with E-state index >= 15 is 0 Å². The van der Waals surface area contributed by atoms with Crippen LogP contribution in [0.5, 0.6) is 5.75 Å². The summed E-state index contributed by atoms with van der Waals surface area (Å²) in [7, 11) is 1.69. The molecule has 0 aliphatic carbocycles. The topological polar surface area (TPSA) is 21.6 Å². The molecule has 0 spiro atoms. The zero-order valence-corrected chi connectivity index (χ0v) is 13.4. The molecule has 4 aromatic carbocycles. The van der Waals surface area contributed by atoms with Gasteiger partial charge in [-0.15, -0.1) is 0 Å². The second-order valence-corrected chi connectivity index (χ2v) is 5.69. The lowest BCUT2D eigenvalue weighted by molar-refractivity contribution is 0.415. The molecule has 2 heteroatoms. The summed E-state index contributed by atoms with van der Waals surface area (Å²) in [4.78, 5) is 4.68. The number of nitrogens with zero attached hydrogens (tertiary/aromatic N) is 1. The van der Waals surface area contributed by atoms with Gasteiger partial charge in [0.1, 0.15) is 5.75 Å². The van der Waals surface area contributed by atoms with Gasteiger partial charge in [0.2, 0.25) is 0 Å². The maximum Gasteiger partial charge on any atom is 0.128 e. The van der Waals surface area contributed by atoms with Gasteiger partial charge < -0.3 is 4.74 Å². The average molecular weight is 311 g/mol. The lowest BCUT2D eigenvalue weighted by Gasteiger charge is -2.08. The van der Waals surface area contributed by atoms with Crippen molar-refractivity contribution in [1.29, 1.82) is 0 Å². The van der Waals surface area contributed by atoms with Gasteiger partial charge in [-0.05, 0) is 39.7 Å². The van der Waals surface area contributed by atoms with Crippen molar-refractivity contribution in [2.45, 2.75) is 0 Å².